The van der Waals surface area contributed by atoms with Crippen molar-refractivity contribution in [3.05, 3.63) is 0 Å². The second-order valence-electron chi connectivity index (χ2n) is 4.84. The maximum Gasteiger partial charge on any atom is 0.0445 e. The van der Waals surface area contributed by atoms with Gasteiger partial charge in [-0.2, -0.15) is 0 Å². The summed E-state index contributed by atoms with van der Waals surface area (Å²) in [6.07, 6.45) is 7.17. The zero-order valence-corrected chi connectivity index (χ0v) is 10.4. The fourth-order valence-electron chi connectivity index (χ4n) is 1.73. The Morgan fingerprint density at radius 2 is 1.73 bits per heavy atom. The second-order valence-corrected chi connectivity index (χ2v) is 4.84. The second kappa shape index (κ2) is 8.75. The Morgan fingerprint density at radius 1 is 1.07 bits per heavy atom. The summed E-state index contributed by atoms with van der Waals surface area (Å²) < 4.78 is 0. The molecule has 0 spiro atoms. The lowest BCUT2D eigenvalue weighted by Crippen LogP contribution is -2.31. The van der Waals surface area contributed by atoms with Gasteiger partial charge in [0.2, 0.25) is 0 Å². The molecule has 0 fully saturated rings. The predicted octanol–water partition coefficient (Wildman–Crippen LogP) is 2.76. The van der Waals surface area contributed by atoms with Gasteiger partial charge in [0.15, 0.2) is 0 Å². The first-order chi connectivity index (χ1) is 7.07. The molecule has 2 heteroatoms. The standard InChI is InChI=1S/C13H26O2/c1-4-5-6-7-8-12(13(14)15)10-9-11(2)3/h11-12H,4-10H2,1-3H3,(H,14,15)/p-1. The summed E-state index contributed by atoms with van der Waals surface area (Å²) in [5.41, 5.74) is 0. The normalized spacial score (nSPS) is 13.1. The van der Waals surface area contributed by atoms with Crippen molar-refractivity contribution < 1.29 is 9.90 Å². The highest BCUT2D eigenvalue weighted by Gasteiger charge is 2.10. The number of carboxylic acid groups (broad SMARTS) is 1. The fraction of sp³-hybridized carbons (Fsp3) is 0.923. The Bertz CT molecular complexity index is 164. The monoisotopic (exact) mass is 213 g/mol. The first-order valence-electron chi connectivity index (χ1n) is 6.28. The molecule has 1 atom stereocenters. The van der Waals surface area contributed by atoms with Gasteiger partial charge in [-0.1, -0.05) is 52.9 Å². The highest BCUT2D eigenvalue weighted by atomic mass is 16.4. The SMILES string of the molecule is CCCCCCC(CCC(C)C)C(=O)[O-]. The van der Waals surface area contributed by atoms with E-state index in [1.54, 1.807) is 0 Å². The molecule has 0 aliphatic heterocycles. The van der Waals surface area contributed by atoms with Crippen LogP contribution in [0.4, 0.5) is 0 Å². The van der Waals surface area contributed by atoms with Crippen molar-refractivity contribution in [3.8, 4) is 0 Å². The van der Waals surface area contributed by atoms with Gasteiger partial charge in [-0.25, -0.2) is 0 Å². The molecule has 0 bridgehead atoms. The van der Waals surface area contributed by atoms with Crippen LogP contribution in [0.25, 0.3) is 0 Å². The van der Waals surface area contributed by atoms with Gasteiger partial charge >= 0.3 is 0 Å². The Kier molecular flexibility index (Phi) is 8.44. The van der Waals surface area contributed by atoms with Crippen LogP contribution in [0.2, 0.25) is 0 Å². The van der Waals surface area contributed by atoms with Crippen LogP contribution in [0.15, 0.2) is 0 Å². The molecule has 0 N–H and O–H groups in total. The molecule has 1 unspecified atom stereocenters. The van der Waals surface area contributed by atoms with E-state index in [1.807, 2.05) is 0 Å². The topological polar surface area (TPSA) is 40.1 Å². The van der Waals surface area contributed by atoms with E-state index in [0.717, 1.165) is 32.1 Å². The quantitative estimate of drug-likeness (QED) is 0.552. The summed E-state index contributed by atoms with van der Waals surface area (Å²) in [6.45, 7) is 6.42. The van der Waals surface area contributed by atoms with E-state index in [-0.39, 0.29) is 5.92 Å². The zero-order valence-electron chi connectivity index (χ0n) is 10.4. The number of unbranched alkanes of at least 4 members (excludes halogenated alkanes) is 3. The lowest BCUT2D eigenvalue weighted by molar-refractivity contribution is -0.312. The van der Waals surface area contributed by atoms with Crippen LogP contribution >= 0.6 is 0 Å². The predicted molar refractivity (Wildman–Crippen MR) is 61.3 cm³/mol. The van der Waals surface area contributed by atoms with Crippen molar-refractivity contribution in [2.75, 3.05) is 0 Å². The molecule has 90 valence electrons. The molecule has 0 aliphatic rings. The minimum absolute atomic E-state index is 0.218. The molecule has 0 aliphatic carbocycles. The molecule has 15 heavy (non-hydrogen) atoms. The van der Waals surface area contributed by atoms with Crippen molar-refractivity contribution in [2.45, 2.75) is 65.7 Å². The van der Waals surface area contributed by atoms with Crippen LogP contribution < -0.4 is 5.11 Å². The van der Waals surface area contributed by atoms with Gasteiger partial charge in [-0.05, 0) is 24.7 Å². The minimum atomic E-state index is -0.854. The fourth-order valence-corrected chi connectivity index (χ4v) is 1.73. The van der Waals surface area contributed by atoms with Gasteiger partial charge < -0.3 is 9.90 Å². The number of hydrogen-bond donors (Lipinski definition) is 0. The molecule has 0 saturated carbocycles. The van der Waals surface area contributed by atoms with Crippen LogP contribution in [0.5, 0.6) is 0 Å². The maximum atomic E-state index is 10.9. The summed E-state index contributed by atoms with van der Waals surface area (Å²) in [5.74, 6) is -0.487. The molecule has 0 aromatic carbocycles. The van der Waals surface area contributed by atoms with Crippen LogP contribution in [0.1, 0.15) is 65.7 Å². The average Bonchev–Trinajstić information content (AvgIpc) is 2.15. The largest absolute Gasteiger partial charge is 0.550 e. The number of carbonyl (C=O) groups is 1. The summed E-state index contributed by atoms with van der Waals surface area (Å²) in [6, 6.07) is 0. The Hall–Kier alpha value is -0.530. The Labute approximate surface area is 94.1 Å². The molecular weight excluding hydrogens is 188 g/mol. The summed E-state index contributed by atoms with van der Waals surface area (Å²) in [4.78, 5) is 10.9. The van der Waals surface area contributed by atoms with E-state index in [2.05, 4.69) is 20.8 Å². The van der Waals surface area contributed by atoms with Crippen molar-refractivity contribution >= 4 is 5.97 Å². The summed E-state index contributed by atoms with van der Waals surface area (Å²) in [7, 11) is 0. The van der Waals surface area contributed by atoms with E-state index in [0.29, 0.717) is 5.92 Å². The van der Waals surface area contributed by atoms with Crippen LogP contribution in [-0.2, 0) is 4.79 Å². The van der Waals surface area contributed by atoms with Gasteiger partial charge in [0.1, 0.15) is 0 Å². The molecule has 0 aromatic heterocycles. The van der Waals surface area contributed by atoms with Crippen LogP contribution in [-0.4, -0.2) is 5.97 Å². The molecule has 0 amide bonds. The third kappa shape index (κ3) is 8.46. The van der Waals surface area contributed by atoms with Crippen molar-refractivity contribution in [1.29, 1.82) is 0 Å². The van der Waals surface area contributed by atoms with Crippen LogP contribution in [0, 0.1) is 11.8 Å². The maximum absolute atomic E-state index is 10.9. The number of carbonyl (C=O) groups excluding carboxylic acids is 1. The van der Waals surface area contributed by atoms with E-state index < -0.39 is 5.97 Å². The molecule has 0 rings (SSSR count). The van der Waals surface area contributed by atoms with Crippen molar-refractivity contribution in [3.63, 3.8) is 0 Å². The van der Waals surface area contributed by atoms with Gasteiger partial charge in [0.25, 0.3) is 0 Å². The smallest absolute Gasteiger partial charge is 0.0445 e. The van der Waals surface area contributed by atoms with Gasteiger partial charge in [0.05, 0.1) is 0 Å². The van der Waals surface area contributed by atoms with E-state index >= 15 is 0 Å². The van der Waals surface area contributed by atoms with Gasteiger partial charge in [-0.3, -0.25) is 0 Å². The molecule has 0 radical (unpaired) electrons. The summed E-state index contributed by atoms with van der Waals surface area (Å²) in [5, 5.41) is 10.9. The summed E-state index contributed by atoms with van der Waals surface area (Å²) >= 11 is 0. The van der Waals surface area contributed by atoms with E-state index in [1.165, 1.54) is 12.8 Å². The molecular formula is C13H25O2-. The Morgan fingerprint density at radius 3 is 2.20 bits per heavy atom. The molecule has 0 aromatic rings. The van der Waals surface area contributed by atoms with E-state index in [4.69, 9.17) is 0 Å². The lowest BCUT2D eigenvalue weighted by atomic mass is 9.93. The first kappa shape index (κ1) is 14.5. The first-order valence-corrected chi connectivity index (χ1v) is 6.28. The lowest BCUT2D eigenvalue weighted by Gasteiger charge is -2.18. The number of aliphatic carboxylic acids is 1. The molecule has 2 nitrogen and oxygen atoms in total. The minimum Gasteiger partial charge on any atom is -0.550 e. The zero-order chi connectivity index (χ0) is 11.7. The third-order valence-corrected chi connectivity index (χ3v) is 2.83. The Balaban J connectivity index is 3.69. The van der Waals surface area contributed by atoms with Gasteiger partial charge in [-0.15, -0.1) is 0 Å². The highest BCUT2D eigenvalue weighted by Crippen LogP contribution is 2.18. The molecule has 0 heterocycles. The van der Waals surface area contributed by atoms with Crippen LogP contribution in [0.3, 0.4) is 0 Å². The van der Waals surface area contributed by atoms with E-state index in [9.17, 15) is 9.90 Å². The van der Waals surface area contributed by atoms with Crippen molar-refractivity contribution in [1.82, 2.24) is 0 Å². The number of hydrogen-bond acceptors (Lipinski definition) is 2. The third-order valence-electron chi connectivity index (χ3n) is 2.83. The molecule has 0 saturated heterocycles. The van der Waals surface area contributed by atoms with Gasteiger partial charge in [0, 0.05) is 5.97 Å². The average molecular weight is 213 g/mol. The highest BCUT2D eigenvalue weighted by molar-refractivity contribution is 5.67. The number of carboxylic acids is 1. The number of rotatable bonds is 9. The van der Waals surface area contributed by atoms with Crippen molar-refractivity contribution in [2.24, 2.45) is 11.8 Å².